The third-order valence-electron chi connectivity index (χ3n) is 1.74. The third-order valence-corrected chi connectivity index (χ3v) is 1.74. The molecule has 0 bridgehead atoms. The Labute approximate surface area is 98.1 Å². The fourth-order valence-corrected chi connectivity index (χ4v) is 0.863. The second kappa shape index (κ2) is 6.88. The number of hydrogen-bond donors (Lipinski definition) is 1. The fraction of sp³-hybridized carbons (Fsp3) is 0.455. The first-order valence-corrected chi connectivity index (χ1v) is 5.25. The maximum atomic E-state index is 12.8. The number of nitrogens with zero attached hydrogens (tertiary/aromatic N) is 1. The molecule has 1 aromatic rings. The second-order valence-electron chi connectivity index (χ2n) is 2.90. The molecule has 0 aliphatic carbocycles. The lowest BCUT2D eigenvalue weighted by molar-refractivity contribution is -0.139. The lowest BCUT2D eigenvalue weighted by Crippen LogP contribution is -2.33. The summed E-state index contributed by atoms with van der Waals surface area (Å²) >= 11 is 0. The van der Waals surface area contributed by atoms with Crippen LogP contribution >= 0.6 is 0 Å². The Morgan fingerprint density at radius 3 is 2.47 bits per heavy atom. The molecule has 0 saturated carbocycles. The molecule has 0 aliphatic rings. The molecule has 0 fully saturated rings. The Hall–Kier alpha value is -1.59. The van der Waals surface area contributed by atoms with E-state index in [-0.39, 0.29) is 5.69 Å². The number of nitrogens with one attached hydrogen (secondary N) is 1. The molecular formula is C11H15F3N2O. The van der Waals surface area contributed by atoms with Gasteiger partial charge in [0, 0.05) is 12.5 Å². The van der Waals surface area contributed by atoms with E-state index in [4.69, 9.17) is 0 Å². The molecule has 1 rings (SSSR count). The molecule has 1 aromatic heterocycles. The minimum absolute atomic E-state index is 0.0897. The first kappa shape index (κ1) is 15.4. The van der Waals surface area contributed by atoms with Crippen molar-refractivity contribution in [2.24, 2.45) is 0 Å². The van der Waals surface area contributed by atoms with E-state index in [2.05, 4.69) is 4.98 Å². The van der Waals surface area contributed by atoms with E-state index in [0.717, 1.165) is 18.5 Å². The molecule has 1 heterocycles. The molecule has 0 radical (unpaired) electrons. The molecular weight excluding hydrogens is 233 g/mol. The van der Waals surface area contributed by atoms with Gasteiger partial charge in [-0.2, -0.15) is 8.78 Å². The smallest absolute Gasteiger partial charge is 0.319 e. The average Bonchev–Trinajstić information content (AvgIpc) is 2.31. The van der Waals surface area contributed by atoms with Gasteiger partial charge in [-0.15, -0.1) is 0 Å². The zero-order valence-corrected chi connectivity index (χ0v) is 9.93. The van der Waals surface area contributed by atoms with Crippen LogP contribution in [0.3, 0.4) is 0 Å². The quantitative estimate of drug-likeness (QED) is 0.892. The van der Waals surface area contributed by atoms with Gasteiger partial charge in [0.05, 0.1) is 18.1 Å². The van der Waals surface area contributed by atoms with Gasteiger partial charge in [-0.3, -0.25) is 9.78 Å². The van der Waals surface area contributed by atoms with Crippen molar-refractivity contribution >= 4 is 11.6 Å². The van der Waals surface area contributed by atoms with Crippen LogP contribution in [0.4, 0.5) is 18.9 Å². The summed E-state index contributed by atoms with van der Waals surface area (Å²) in [5, 5.41) is 1.88. The van der Waals surface area contributed by atoms with Crippen LogP contribution in [0.15, 0.2) is 18.5 Å². The molecule has 0 aromatic carbocycles. The van der Waals surface area contributed by atoms with Crippen LogP contribution in [0.2, 0.25) is 0 Å². The van der Waals surface area contributed by atoms with Crippen molar-refractivity contribution in [3.05, 3.63) is 24.3 Å². The molecule has 1 amide bonds. The van der Waals surface area contributed by atoms with Crippen molar-refractivity contribution in [3.8, 4) is 0 Å². The Kier molecular flexibility index (Phi) is 6.23. The number of rotatable bonds is 3. The normalized spacial score (nSPS) is 10.2. The Bertz CT molecular complexity index is 369. The maximum absolute atomic E-state index is 12.8. The number of aromatic nitrogens is 1. The van der Waals surface area contributed by atoms with E-state index in [9.17, 15) is 18.0 Å². The summed E-state index contributed by atoms with van der Waals surface area (Å²) in [7, 11) is 0. The highest BCUT2D eigenvalue weighted by molar-refractivity contribution is 5.95. The maximum Gasteiger partial charge on any atom is 0.324 e. The molecule has 0 spiro atoms. The number of amides is 1. The Morgan fingerprint density at radius 2 is 2.00 bits per heavy atom. The Morgan fingerprint density at radius 1 is 1.41 bits per heavy atom. The van der Waals surface area contributed by atoms with Crippen LogP contribution in [0.25, 0.3) is 0 Å². The topological polar surface area (TPSA) is 42.0 Å². The predicted octanol–water partition coefficient (Wildman–Crippen LogP) is 3.23. The lowest BCUT2D eigenvalue weighted by atomic mass is 10.2. The second-order valence-corrected chi connectivity index (χ2v) is 2.90. The minimum atomic E-state index is -3.45. The summed E-state index contributed by atoms with van der Waals surface area (Å²) in [4.78, 5) is 14.4. The number of hydrogen-bond acceptors (Lipinski definition) is 2. The van der Waals surface area contributed by atoms with Gasteiger partial charge in [0.25, 0.3) is 5.91 Å². The van der Waals surface area contributed by atoms with Crippen molar-refractivity contribution in [1.82, 2.24) is 4.98 Å². The average molecular weight is 248 g/mol. The fourth-order valence-electron chi connectivity index (χ4n) is 0.863. The monoisotopic (exact) mass is 248 g/mol. The van der Waals surface area contributed by atoms with Gasteiger partial charge in [-0.1, -0.05) is 20.8 Å². The summed E-state index contributed by atoms with van der Waals surface area (Å²) < 4.78 is 38.2. The van der Waals surface area contributed by atoms with Crippen molar-refractivity contribution < 1.29 is 18.0 Å². The summed E-state index contributed by atoms with van der Waals surface area (Å²) in [5.74, 6) is -5.61. The van der Waals surface area contributed by atoms with Crippen LogP contribution in [0.5, 0.6) is 0 Å². The highest BCUT2D eigenvalue weighted by Crippen LogP contribution is 2.20. The molecule has 3 nitrogen and oxygen atoms in total. The van der Waals surface area contributed by atoms with Gasteiger partial charge in [-0.25, -0.2) is 4.39 Å². The van der Waals surface area contributed by atoms with E-state index in [1.54, 1.807) is 0 Å². The standard InChI is InChI=1S/C9H9F3N2O.C2H6/c1-2-9(11,12)8(15)14-7-3-6(10)4-13-5-7;1-2/h3-5H,2H2,1H3,(H,14,15);1-2H3. The number of pyridine rings is 1. The van der Waals surface area contributed by atoms with Crippen LogP contribution in [0.1, 0.15) is 27.2 Å². The largest absolute Gasteiger partial charge is 0.324 e. The molecule has 0 unspecified atom stereocenters. The molecule has 17 heavy (non-hydrogen) atoms. The molecule has 96 valence electrons. The van der Waals surface area contributed by atoms with E-state index >= 15 is 0 Å². The van der Waals surface area contributed by atoms with Crippen molar-refractivity contribution in [1.29, 1.82) is 0 Å². The van der Waals surface area contributed by atoms with E-state index in [1.165, 1.54) is 6.92 Å². The van der Waals surface area contributed by atoms with Crippen LogP contribution in [-0.4, -0.2) is 16.8 Å². The third kappa shape index (κ3) is 4.84. The van der Waals surface area contributed by atoms with Gasteiger partial charge in [-0.05, 0) is 0 Å². The van der Waals surface area contributed by atoms with E-state index < -0.39 is 24.1 Å². The first-order chi connectivity index (χ1) is 7.95. The summed E-state index contributed by atoms with van der Waals surface area (Å²) in [6, 6.07) is 0.913. The molecule has 0 aliphatic heterocycles. The van der Waals surface area contributed by atoms with Crippen molar-refractivity contribution in [2.45, 2.75) is 33.1 Å². The van der Waals surface area contributed by atoms with Gasteiger partial charge in [0.2, 0.25) is 0 Å². The van der Waals surface area contributed by atoms with Crippen molar-refractivity contribution in [3.63, 3.8) is 0 Å². The zero-order valence-electron chi connectivity index (χ0n) is 9.93. The molecule has 0 atom stereocenters. The van der Waals surface area contributed by atoms with Crippen LogP contribution < -0.4 is 5.32 Å². The number of carbonyl (C=O) groups is 1. The van der Waals surface area contributed by atoms with Crippen molar-refractivity contribution in [2.75, 3.05) is 5.32 Å². The van der Waals surface area contributed by atoms with Crippen LogP contribution in [-0.2, 0) is 4.79 Å². The summed E-state index contributed by atoms with van der Waals surface area (Å²) in [6.45, 7) is 5.18. The number of anilines is 1. The number of carbonyl (C=O) groups excluding carboxylic acids is 1. The zero-order chi connectivity index (χ0) is 13.5. The van der Waals surface area contributed by atoms with Crippen LogP contribution in [0, 0.1) is 5.82 Å². The highest BCUT2D eigenvalue weighted by Gasteiger charge is 2.36. The van der Waals surface area contributed by atoms with E-state index in [1.807, 2.05) is 19.2 Å². The highest BCUT2D eigenvalue weighted by atomic mass is 19.3. The Balaban J connectivity index is 0.00000121. The lowest BCUT2D eigenvalue weighted by Gasteiger charge is -2.13. The van der Waals surface area contributed by atoms with Gasteiger partial charge in [0.1, 0.15) is 5.82 Å². The molecule has 1 N–H and O–H groups in total. The SMILES string of the molecule is CC.CCC(F)(F)C(=O)Nc1cncc(F)c1. The molecule has 0 saturated heterocycles. The number of halogens is 3. The van der Waals surface area contributed by atoms with Gasteiger partial charge >= 0.3 is 5.92 Å². The summed E-state index contributed by atoms with van der Waals surface area (Å²) in [6.07, 6.45) is 1.39. The van der Waals surface area contributed by atoms with Gasteiger partial charge in [0.15, 0.2) is 0 Å². The predicted molar refractivity (Wildman–Crippen MR) is 59.4 cm³/mol. The number of alkyl halides is 2. The van der Waals surface area contributed by atoms with Gasteiger partial charge < -0.3 is 5.32 Å². The minimum Gasteiger partial charge on any atom is -0.319 e. The van der Waals surface area contributed by atoms with E-state index in [0.29, 0.717) is 0 Å². The molecule has 6 heteroatoms. The summed E-state index contributed by atoms with van der Waals surface area (Å²) in [5.41, 5.74) is -0.0897. The first-order valence-electron chi connectivity index (χ1n) is 5.25.